The fourth-order valence-electron chi connectivity index (χ4n) is 3.72. The summed E-state index contributed by atoms with van der Waals surface area (Å²) in [6.07, 6.45) is 8.45. The highest BCUT2D eigenvalue weighted by Crippen LogP contribution is 2.37. The quantitative estimate of drug-likeness (QED) is 0.689. The first-order valence-electron chi connectivity index (χ1n) is 8.26. The summed E-state index contributed by atoms with van der Waals surface area (Å²) < 4.78 is 1.67. The van der Waals surface area contributed by atoms with Gasteiger partial charge in [0.25, 0.3) is 5.91 Å². The second kappa shape index (κ2) is 4.99. The predicted octanol–water partition coefficient (Wildman–Crippen LogP) is 2.45. The van der Waals surface area contributed by atoms with Crippen LogP contribution in [0.5, 0.6) is 0 Å². The van der Waals surface area contributed by atoms with Crippen LogP contribution in [0.25, 0.3) is 15.9 Å². The van der Waals surface area contributed by atoms with Crippen LogP contribution in [0, 0.1) is 0 Å². The fourth-order valence-corrected chi connectivity index (χ4v) is 4.95. The molecule has 0 bridgehead atoms. The molecule has 0 unspecified atom stereocenters. The molecule has 4 heterocycles. The van der Waals surface area contributed by atoms with Crippen LogP contribution in [0.2, 0.25) is 0 Å². The lowest BCUT2D eigenvalue weighted by Crippen LogP contribution is -2.36. The van der Waals surface area contributed by atoms with Crippen molar-refractivity contribution in [3.05, 3.63) is 22.6 Å². The van der Waals surface area contributed by atoms with Crippen molar-refractivity contribution >= 4 is 33.1 Å². The van der Waals surface area contributed by atoms with Crippen LogP contribution in [0.15, 0.2) is 6.33 Å². The van der Waals surface area contributed by atoms with Gasteiger partial charge in [0.05, 0.1) is 5.39 Å². The van der Waals surface area contributed by atoms with Crippen molar-refractivity contribution in [2.24, 2.45) is 0 Å². The number of aryl methyl sites for hydroxylation is 2. The molecule has 0 radical (unpaired) electrons. The van der Waals surface area contributed by atoms with Crippen LogP contribution >= 0.6 is 11.3 Å². The van der Waals surface area contributed by atoms with E-state index in [-0.39, 0.29) is 5.91 Å². The number of carbonyl (C=O) groups is 1. The Morgan fingerprint density at radius 1 is 1.13 bits per heavy atom. The molecule has 118 valence electrons. The zero-order valence-corrected chi connectivity index (χ0v) is 13.6. The van der Waals surface area contributed by atoms with Gasteiger partial charge in [-0.1, -0.05) is 0 Å². The van der Waals surface area contributed by atoms with Gasteiger partial charge in [0, 0.05) is 18.0 Å². The molecule has 6 nitrogen and oxygen atoms in total. The number of fused-ring (bicyclic) bond motifs is 5. The third-order valence-corrected chi connectivity index (χ3v) is 6.08. The molecule has 7 heteroatoms. The molecule has 1 aliphatic carbocycles. The van der Waals surface area contributed by atoms with E-state index < -0.39 is 0 Å². The van der Waals surface area contributed by atoms with E-state index in [0.29, 0.717) is 5.82 Å². The first kappa shape index (κ1) is 13.4. The van der Waals surface area contributed by atoms with Gasteiger partial charge in [-0.2, -0.15) is 0 Å². The highest BCUT2D eigenvalue weighted by atomic mass is 32.1. The van der Waals surface area contributed by atoms with Gasteiger partial charge >= 0.3 is 0 Å². The van der Waals surface area contributed by atoms with Crippen LogP contribution in [-0.4, -0.2) is 43.5 Å². The minimum absolute atomic E-state index is 0.0478. The molecule has 0 aromatic carbocycles. The lowest BCUT2D eigenvalue weighted by atomic mass is 10.1. The molecular formula is C16H17N5OS. The number of hydrogen-bond acceptors (Lipinski definition) is 5. The molecule has 1 saturated heterocycles. The molecule has 1 fully saturated rings. The number of carbonyl (C=O) groups excluding carboxylic acids is 1. The van der Waals surface area contributed by atoms with Gasteiger partial charge in [0.1, 0.15) is 11.2 Å². The molecule has 5 rings (SSSR count). The fraction of sp³-hybridized carbons (Fsp3) is 0.500. The number of likely N-dealkylation sites (tertiary alicyclic amines) is 1. The molecule has 23 heavy (non-hydrogen) atoms. The summed E-state index contributed by atoms with van der Waals surface area (Å²) >= 11 is 1.76. The number of nitrogens with zero attached hydrogens (tertiary/aromatic N) is 5. The summed E-state index contributed by atoms with van der Waals surface area (Å²) in [7, 11) is 0. The van der Waals surface area contributed by atoms with Gasteiger partial charge in [0.2, 0.25) is 5.82 Å². The normalized spacial score (nSPS) is 18.0. The number of thiophene rings is 1. The van der Waals surface area contributed by atoms with E-state index >= 15 is 0 Å². The van der Waals surface area contributed by atoms with E-state index in [4.69, 9.17) is 0 Å². The lowest BCUT2D eigenvalue weighted by molar-refractivity contribution is 0.0712. The number of piperidine rings is 1. The molecule has 2 aliphatic rings. The van der Waals surface area contributed by atoms with Gasteiger partial charge in [0.15, 0.2) is 5.65 Å². The van der Waals surface area contributed by atoms with Crippen LogP contribution in [0.3, 0.4) is 0 Å². The summed E-state index contributed by atoms with van der Waals surface area (Å²) in [4.78, 5) is 26.1. The van der Waals surface area contributed by atoms with E-state index in [0.717, 1.165) is 54.6 Å². The van der Waals surface area contributed by atoms with E-state index in [9.17, 15) is 4.79 Å². The molecule has 0 spiro atoms. The zero-order chi connectivity index (χ0) is 15.4. The molecule has 1 aliphatic heterocycles. The van der Waals surface area contributed by atoms with Crippen molar-refractivity contribution in [2.75, 3.05) is 13.1 Å². The standard InChI is InChI=1S/C16H17N5OS/c22-16(20-7-2-1-3-8-20)13-18-14-12-10-5-4-6-11(10)23-15(12)17-9-21(14)19-13/h9H,1-8H2. The molecule has 3 aromatic rings. The minimum atomic E-state index is -0.0478. The number of aromatic nitrogens is 4. The zero-order valence-electron chi connectivity index (χ0n) is 12.8. The second-order valence-electron chi connectivity index (χ2n) is 6.34. The van der Waals surface area contributed by atoms with Gasteiger partial charge < -0.3 is 4.90 Å². The van der Waals surface area contributed by atoms with Crippen LogP contribution in [-0.2, 0) is 12.8 Å². The molecule has 0 saturated carbocycles. The SMILES string of the molecule is O=C(c1nc2c3c4c(sc3ncn2n1)CCC4)N1CCCCC1. The maximum absolute atomic E-state index is 12.6. The first-order chi connectivity index (χ1) is 11.3. The molecule has 3 aromatic heterocycles. The van der Waals surface area contributed by atoms with Gasteiger partial charge in [-0.05, 0) is 44.1 Å². The smallest absolute Gasteiger partial charge is 0.293 e. The van der Waals surface area contributed by atoms with Crippen molar-refractivity contribution in [1.29, 1.82) is 0 Å². The summed E-state index contributed by atoms with van der Waals surface area (Å²) in [6.45, 7) is 1.63. The average Bonchev–Trinajstić information content (AvgIpc) is 3.27. The highest BCUT2D eigenvalue weighted by molar-refractivity contribution is 7.19. The Balaban J connectivity index is 1.64. The molecular weight excluding hydrogens is 310 g/mol. The number of hydrogen-bond donors (Lipinski definition) is 0. The minimum Gasteiger partial charge on any atom is -0.336 e. The topological polar surface area (TPSA) is 63.4 Å². The van der Waals surface area contributed by atoms with E-state index in [1.165, 1.54) is 23.3 Å². The predicted molar refractivity (Wildman–Crippen MR) is 87.9 cm³/mol. The first-order valence-corrected chi connectivity index (χ1v) is 9.08. The van der Waals surface area contributed by atoms with Gasteiger partial charge in [-0.3, -0.25) is 4.79 Å². The van der Waals surface area contributed by atoms with Crippen molar-refractivity contribution in [3.63, 3.8) is 0 Å². The van der Waals surface area contributed by atoms with Gasteiger partial charge in [-0.25, -0.2) is 14.5 Å². The van der Waals surface area contributed by atoms with Crippen LogP contribution in [0.1, 0.15) is 46.7 Å². The Bertz CT molecular complexity index is 921. The average molecular weight is 327 g/mol. The Hall–Kier alpha value is -2.02. The van der Waals surface area contributed by atoms with E-state index in [2.05, 4.69) is 15.1 Å². The Kier molecular flexibility index (Phi) is 2.91. The highest BCUT2D eigenvalue weighted by Gasteiger charge is 2.25. The maximum atomic E-state index is 12.6. The summed E-state index contributed by atoms with van der Waals surface area (Å²) in [5.74, 6) is 0.257. The van der Waals surface area contributed by atoms with Crippen molar-refractivity contribution in [1.82, 2.24) is 24.5 Å². The number of amides is 1. The molecule has 0 atom stereocenters. The van der Waals surface area contributed by atoms with Crippen molar-refractivity contribution in [2.45, 2.75) is 38.5 Å². The Morgan fingerprint density at radius 2 is 2.00 bits per heavy atom. The van der Waals surface area contributed by atoms with Crippen LogP contribution in [0.4, 0.5) is 0 Å². The molecule has 0 N–H and O–H groups in total. The Morgan fingerprint density at radius 3 is 2.87 bits per heavy atom. The molecule has 1 amide bonds. The van der Waals surface area contributed by atoms with Gasteiger partial charge in [-0.15, -0.1) is 16.4 Å². The van der Waals surface area contributed by atoms with Crippen LogP contribution < -0.4 is 0 Å². The third-order valence-electron chi connectivity index (χ3n) is 4.88. The maximum Gasteiger partial charge on any atom is 0.293 e. The second-order valence-corrected chi connectivity index (χ2v) is 7.42. The monoisotopic (exact) mass is 327 g/mol. The Labute approximate surface area is 137 Å². The van der Waals surface area contributed by atoms with E-state index in [1.807, 2.05) is 4.90 Å². The summed E-state index contributed by atoms with van der Waals surface area (Å²) in [6, 6.07) is 0. The lowest BCUT2D eigenvalue weighted by Gasteiger charge is -2.25. The third kappa shape index (κ3) is 1.99. The van der Waals surface area contributed by atoms with E-state index in [1.54, 1.807) is 22.2 Å². The number of rotatable bonds is 1. The van der Waals surface area contributed by atoms with Crippen molar-refractivity contribution < 1.29 is 4.79 Å². The summed E-state index contributed by atoms with van der Waals surface area (Å²) in [5, 5.41) is 5.51. The van der Waals surface area contributed by atoms with Crippen molar-refractivity contribution in [3.8, 4) is 0 Å². The largest absolute Gasteiger partial charge is 0.336 e. The summed E-state index contributed by atoms with van der Waals surface area (Å²) in [5.41, 5.74) is 2.15.